The van der Waals surface area contributed by atoms with Gasteiger partial charge in [-0.1, -0.05) is 32.1 Å². The highest BCUT2D eigenvalue weighted by atomic mass is 127. The third-order valence-electron chi connectivity index (χ3n) is 3.22. The number of rotatable bonds is 0. The molecule has 2 aliphatic heterocycles. The highest BCUT2D eigenvalue weighted by Crippen LogP contribution is 2.26. The first kappa shape index (κ1) is 14.0. The lowest BCUT2D eigenvalue weighted by Crippen LogP contribution is -2.00. The number of halogens is 1. The van der Waals surface area contributed by atoms with Crippen LogP contribution < -0.4 is 9.47 Å². The number of ether oxygens (including phenoxy) is 2. The molecule has 100 valence electrons. The Kier molecular flexibility index (Phi) is 6.11. The van der Waals surface area contributed by atoms with Crippen molar-refractivity contribution >= 4 is 22.6 Å². The molecule has 0 N–H and O–H groups in total. The van der Waals surface area contributed by atoms with Crippen LogP contribution in [-0.4, -0.2) is 13.2 Å². The van der Waals surface area contributed by atoms with Crippen LogP contribution in [0.15, 0.2) is 18.2 Å². The summed E-state index contributed by atoms with van der Waals surface area (Å²) in [6.45, 7) is 1.66. The fourth-order valence-electron chi connectivity index (χ4n) is 2.15. The summed E-state index contributed by atoms with van der Waals surface area (Å²) in [5, 5.41) is 0. The van der Waals surface area contributed by atoms with Gasteiger partial charge in [0.25, 0.3) is 0 Å². The van der Waals surface area contributed by atoms with Gasteiger partial charge in [-0.15, -0.1) is 0 Å². The Morgan fingerprint density at radius 1 is 0.778 bits per heavy atom. The maximum Gasteiger partial charge on any atom is 0.132 e. The summed E-state index contributed by atoms with van der Waals surface area (Å²) >= 11 is 2.32. The van der Waals surface area contributed by atoms with Gasteiger partial charge in [0.1, 0.15) is 11.5 Å². The van der Waals surface area contributed by atoms with E-state index in [1.54, 1.807) is 0 Å². The van der Waals surface area contributed by atoms with Crippen molar-refractivity contribution in [1.82, 2.24) is 0 Å². The molecule has 0 atom stereocenters. The van der Waals surface area contributed by atoms with Crippen LogP contribution in [0.1, 0.15) is 44.9 Å². The smallest absolute Gasteiger partial charge is 0.132 e. The molecule has 0 radical (unpaired) electrons. The van der Waals surface area contributed by atoms with E-state index in [2.05, 4.69) is 28.7 Å². The first-order chi connectivity index (χ1) is 8.86. The van der Waals surface area contributed by atoms with E-state index < -0.39 is 0 Å². The molecular formula is C15H21IO2. The van der Waals surface area contributed by atoms with Gasteiger partial charge in [0.2, 0.25) is 0 Å². The minimum atomic E-state index is 0.830. The SMILES string of the molecule is Ic1cc2ccc1OCCCCCCCCCO2. The Hall–Kier alpha value is -0.450. The second kappa shape index (κ2) is 7.87. The van der Waals surface area contributed by atoms with E-state index in [9.17, 15) is 0 Å². The Balaban J connectivity index is 1.97. The van der Waals surface area contributed by atoms with Gasteiger partial charge in [-0.2, -0.15) is 0 Å². The minimum absolute atomic E-state index is 0.830. The summed E-state index contributed by atoms with van der Waals surface area (Å²) in [6, 6.07) is 6.10. The predicted molar refractivity (Wildman–Crippen MR) is 82.5 cm³/mol. The first-order valence-corrected chi connectivity index (χ1v) is 7.99. The molecule has 3 heteroatoms. The van der Waals surface area contributed by atoms with Gasteiger partial charge >= 0.3 is 0 Å². The van der Waals surface area contributed by atoms with Crippen molar-refractivity contribution in [1.29, 1.82) is 0 Å². The Labute approximate surface area is 123 Å². The average molecular weight is 360 g/mol. The van der Waals surface area contributed by atoms with Crippen LogP contribution in [0.5, 0.6) is 11.5 Å². The highest BCUT2D eigenvalue weighted by Gasteiger charge is 2.04. The molecule has 18 heavy (non-hydrogen) atoms. The monoisotopic (exact) mass is 360 g/mol. The zero-order chi connectivity index (χ0) is 12.6. The summed E-state index contributed by atoms with van der Waals surface area (Å²) in [5.74, 6) is 1.94. The van der Waals surface area contributed by atoms with E-state index in [-0.39, 0.29) is 0 Å². The maximum atomic E-state index is 5.80. The fourth-order valence-corrected chi connectivity index (χ4v) is 2.79. The van der Waals surface area contributed by atoms with Crippen LogP contribution in [0.4, 0.5) is 0 Å². The summed E-state index contributed by atoms with van der Waals surface area (Å²) in [6.07, 6.45) is 8.90. The van der Waals surface area contributed by atoms with Crippen LogP contribution in [0.2, 0.25) is 0 Å². The molecule has 0 unspecified atom stereocenters. The Morgan fingerprint density at radius 2 is 1.39 bits per heavy atom. The molecule has 0 saturated carbocycles. The Bertz CT molecular complexity index is 366. The molecule has 2 bridgehead atoms. The largest absolute Gasteiger partial charge is 0.494 e. The summed E-state index contributed by atoms with van der Waals surface area (Å²) in [5.41, 5.74) is 0. The number of hydrogen-bond acceptors (Lipinski definition) is 2. The molecule has 0 spiro atoms. The zero-order valence-corrected chi connectivity index (χ0v) is 12.9. The fraction of sp³-hybridized carbons (Fsp3) is 0.600. The molecule has 2 heterocycles. The normalized spacial score (nSPS) is 18.3. The Morgan fingerprint density at radius 3 is 2.06 bits per heavy atom. The van der Waals surface area contributed by atoms with Crippen LogP contribution in [0.25, 0.3) is 0 Å². The first-order valence-electron chi connectivity index (χ1n) is 6.91. The number of hydrogen-bond donors (Lipinski definition) is 0. The molecule has 0 aliphatic carbocycles. The van der Waals surface area contributed by atoms with Crippen molar-refractivity contribution in [3.8, 4) is 11.5 Å². The summed E-state index contributed by atoms with van der Waals surface area (Å²) < 4.78 is 12.7. The van der Waals surface area contributed by atoms with Crippen LogP contribution in [-0.2, 0) is 0 Å². The van der Waals surface area contributed by atoms with Crippen molar-refractivity contribution in [2.75, 3.05) is 13.2 Å². The second-order valence-corrected chi connectivity index (χ2v) is 5.93. The van der Waals surface area contributed by atoms with Gasteiger partial charge in [-0.05, 0) is 53.6 Å². The van der Waals surface area contributed by atoms with Crippen LogP contribution in [0.3, 0.4) is 0 Å². The average Bonchev–Trinajstić information content (AvgIpc) is 2.38. The topological polar surface area (TPSA) is 18.5 Å². The second-order valence-electron chi connectivity index (χ2n) is 4.76. The van der Waals surface area contributed by atoms with Crippen molar-refractivity contribution in [3.05, 3.63) is 21.8 Å². The van der Waals surface area contributed by atoms with Gasteiger partial charge in [0.15, 0.2) is 0 Å². The van der Waals surface area contributed by atoms with Crippen molar-refractivity contribution in [3.63, 3.8) is 0 Å². The quantitative estimate of drug-likeness (QED) is 0.619. The molecule has 2 nitrogen and oxygen atoms in total. The van der Waals surface area contributed by atoms with Crippen molar-refractivity contribution in [2.45, 2.75) is 44.9 Å². The van der Waals surface area contributed by atoms with E-state index >= 15 is 0 Å². The highest BCUT2D eigenvalue weighted by molar-refractivity contribution is 14.1. The number of fused-ring (bicyclic) bond motifs is 12. The van der Waals surface area contributed by atoms with E-state index in [0.717, 1.165) is 41.1 Å². The van der Waals surface area contributed by atoms with Crippen LogP contribution in [0, 0.1) is 3.57 Å². The molecule has 2 aliphatic rings. The predicted octanol–water partition coefficient (Wildman–Crippen LogP) is 4.79. The van der Waals surface area contributed by atoms with Crippen LogP contribution >= 0.6 is 22.6 Å². The standard InChI is InChI=1S/C15H21IO2/c16-14-12-13-8-9-15(14)18-11-7-5-3-1-2-4-6-10-17-13/h8-9,12H,1-7,10-11H2. The lowest BCUT2D eigenvalue weighted by Gasteiger charge is -2.10. The molecule has 0 amide bonds. The van der Waals surface area contributed by atoms with Gasteiger partial charge in [0, 0.05) is 0 Å². The van der Waals surface area contributed by atoms with Gasteiger partial charge in [0.05, 0.1) is 16.8 Å². The molecule has 1 aromatic carbocycles. The van der Waals surface area contributed by atoms with E-state index in [1.807, 2.05) is 12.1 Å². The van der Waals surface area contributed by atoms with E-state index in [4.69, 9.17) is 9.47 Å². The minimum Gasteiger partial charge on any atom is -0.494 e. The van der Waals surface area contributed by atoms with Crippen molar-refractivity contribution < 1.29 is 9.47 Å². The van der Waals surface area contributed by atoms with Gasteiger partial charge < -0.3 is 9.47 Å². The lowest BCUT2D eigenvalue weighted by atomic mass is 10.1. The molecular weight excluding hydrogens is 339 g/mol. The summed E-state index contributed by atoms with van der Waals surface area (Å²) in [4.78, 5) is 0. The molecule has 3 rings (SSSR count). The van der Waals surface area contributed by atoms with E-state index in [0.29, 0.717) is 0 Å². The number of benzene rings is 1. The third kappa shape index (κ3) is 4.67. The molecule has 1 aromatic rings. The summed E-state index contributed by atoms with van der Waals surface area (Å²) in [7, 11) is 0. The molecule has 0 saturated heterocycles. The molecule has 0 fully saturated rings. The maximum absolute atomic E-state index is 5.80. The molecule has 0 aromatic heterocycles. The lowest BCUT2D eigenvalue weighted by molar-refractivity contribution is 0.299. The van der Waals surface area contributed by atoms with Gasteiger partial charge in [-0.25, -0.2) is 0 Å². The van der Waals surface area contributed by atoms with E-state index in [1.165, 1.54) is 32.1 Å². The van der Waals surface area contributed by atoms with Crippen molar-refractivity contribution in [2.24, 2.45) is 0 Å². The van der Waals surface area contributed by atoms with Gasteiger partial charge in [-0.3, -0.25) is 0 Å². The third-order valence-corrected chi connectivity index (χ3v) is 4.06. The zero-order valence-electron chi connectivity index (χ0n) is 10.8.